The van der Waals surface area contributed by atoms with Gasteiger partial charge in [0.15, 0.2) is 6.61 Å². The standard InChI is InChI=1S/C20H17N3O5/c1-12-9-17(18(23(26)27)10-13(12)2)22-19(24)11-28-20(25)16-8-7-14-5-3-4-6-15(14)21-16/h3-10H,11H2,1-2H3,(H,22,24). The van der Waals surface area contributed by atoms with Crippen molar-refractivity contribution in [2.24, 2.45) is 0 Å². The molecule has 0 unspecified atom stereocenters. The van der Waals surface area contributed by atoms with Gasteiger partial charge >= 0.3 is 5.97 Å². The number of hydrogen-bond donors (Lipinski definition) is 1. The monoisotopic (exact) mass is 379 g/mol. The van der Waals surface area contributed by atoms with Crippen LogP contribution in [0.5, 0.6) is 0 Å². The number of fused-ring (bicyclic) bond motifs is 1. The maximum absolute atomic E-state index is 12.1. The molecule has 8 heteroatoms. The molecule has 3 aromatic rings. The highest BCUT2D eigenvalue weighted by molar-refractivity contribution is 5.97. The molecule has 2 aromatic carbocycles. The smallest absolute Gasteiger partial charge is 0.357 e. The van der Waals surface area contributed by atoms with Gasteiger partial charge in [-0.1, -0.05) is 24.3 Å². The van der Waals surface area contributed by atoms with Crippen LogP contribution in [0.15, 0.2) is 48.5 Å². The molecule has 0 radical (unpaired) electrons. The summed E-state index contributed by atoms with van der Waals surface area (Å²) in [5, 5.41) is 14.5. The van der Waals surface area contributed by atoms with Gasteiger partial charge in [-0.3, -0.25) is 14.9 Å². The van der Waals surface area contributed by atoms with Gasteiger partial charge < -0.3 is 10.1 Å². The fourth-order valence-electron chi connectivity index (χ4n) is 2.62. The van der Waals surface area contributed by atoms with E-state index in [1.165, 1.54) is 18.2 Å². The molecule has 0 fully saturated rings. The van der Waals surface area contributed by atoms with E-state index < -0.39 is 23.4 Å². The van der Waals surface area contributed by atoms with Crippen molar-refractivity contribution in [2.45, 2.75) is 13.8 Å². The van der Waals surface area contributed by atoms with Crippen LogP contribution in [0.1, 0.15) is 21.6 Å². The van der Waals surface area contributed by atoms with E-state index in [-0.39, 0.29) is 17.1 Å². The Morgan fingerprint density at radius 2 is 1.82 bits per heavy atom. The number of pyridine rings is 1. The van der Waals surface area contributed by atoms with Crippen molar-refractivity contribution in [3.8, 4) is 0 Å². The van der Waals surface area contributed by atoms with Gasteiger partial charge in [0.25, 0.3) is 11.6 Å². The van der Waals surface area contributed by atoms with Crippen LogP contribution in [-0.2, 0) is 9.53 Å². The van der Waals surface area contributed by atoms with Crippen LogP contribution in [0.4, 0.5) is 11.4 Å². The highest BCUT2D eigenvalue weighted by Gasteiger charge is 2.19. The Kier molecular flexibility index (Phi) is 5.30. The van der Waals surface area contributed by atoms with Gasteiger partial charge in [-0.15, -0.1) is 0 Å². The largest absolute Gasteiger partial charge is 0.451 e. The predicted octanol–water partition coefficient (Wildman–Crippen LogP) is 3.56. The lowest BCUT2D eigenvalue weighted by atomic mass is 10.1. The molecule has 0 saturated heterocycles. The summed E-state index contributed by atoms with van der Waals surface area (Å²) in [7, 11) is 0. The first-order valence-corrected chi connectivity index (χ1v) is 8.43. The van der Waals surface area contributed by atoms with Crippen molar-refractivity contribution >= 4 is 34.2 Å². The number of nitro groups is 1. The second kappa shape index (κ2) is 7.83. The summed E-state index contributed by atoms with van der Waals surface area (Å²) in [5.74, 6) is -1.43. The third kappa shape index (κ3) is 4.12. The van der Waals surface area contributed by atoms with E-state index in [4.69, 9.17) is 4.74 Å². The molecule has 142 valence electrons. The summed E-state index contributed by atoms with van der Waals surface area (Å²) < 4.78 is 4.98. The molecular weight excluding hydrogens is 362 g/mol. The fraction of sp³-hybridized carbons (Fsp3) is 0.150. The quantitative estimate of drug-likeness (QED) is 0.412. The molecule has 3 rings (SSSR count). The number of ether oxygens (including phenoxy) is 1. The minimum absolute atomic E-state index is 0.0537. The second-order valence-corrected chi connectivity index (χ2v) is 6.22. The summed E-state index contributed by atoms with van der Waals surface area (Å²) in [4.78, 5) is 39.1. The Morgan fingerprint density at radius 3 is 2.57 bits per heavy atom. The van der Waals surface area contributed by atoms with Crippen molar-refractivity contribution in [3.05, 3.63) is 75.5 Å². The molecule has 0 aliphatic heterocycles. The van der Waals surface area contributed by atoms with Gasteiger partial charge in [-0.2, -0.15) is 0 Å². The Hall–Kier alpha value is -3.81. The zero-order chi connectivity index (χ0) is 20.3. The first kappa shape index (κ1) is 19.0. The van der Waals surface area contributed by atoms with Gasteiger partial charge in [0.05, 0.1) is 10.4 Å². The van der Waals surface area contributed by atoms with Crippen LogP contribution in [0.2, 0.25) is 0 Å². The number of nitrogens with zero attached hydrogens (tertiary/aromatic N) is 2. The Bertz CT molecular complexity index is 1090. The molecule has 0 aliphatic carbocycles. The van der Waals surface area contributed by atoms with E-state index in [1.54, 1.807) is 32.0 Å². The van der Waals surface area contributed by atoms with Crippen LogP contribution in [0.25, 0.3) is 10.9 Å². The average molecular weight is 379 g/mol. The third-order valence-corrected chi connectivity index (χ3v) is 4.22. The SMILES string of the molecule is Cc1cc(NC(=O)COC(=O)c2ccc3ccccc3n2)c([N+](=O)[O-])cc1C. The number of esters is 1. The highest BCUT2D eigenvalue weighted by atomic mass is 16.6. The number of carbonyl (C=O) groups is 2. The summed E-state index contributed by atoms with van der Waals surface area (Å²) >= 11 is 0. The van der Waals surface area contributed by atoms with E-state index in [0.717, 1.165) is 16.5 Å². The number of aromatic nitrogens is 1. The van der Waals surface area contributed by atoms with Gasteiger partial charge in [-0.25, -0.2) is 9.78 Å². The van der Waals surface area contributed by atoms with E-state index >= 15 is 0 Å². The summed E-state index contributed by atoms with van der Waals surface area (Å²) in [6.45, 7) is 2.93. The van der Waals surface area contributed by atoms with Crippen LogP contribution < -0.4 is 5.32 Å². The van der Waals surface area contributed by atoms with Crippen LogP contribution in [0, 0.1) is 24.0 Å². The molecule has 0 spiro atoms. The molecule has 0 aliphatic rings. The predicted molar refractivity (Wildman–Crippen MR) is 103 cm³/mol. The van der Waals surface area contributed by atoms with Crippen LogP contribution in [-0.4, -0.2) is 28.4 Å². The number of amides is 1. The lowest BCUT2D eigenvalue weighted by Crippen LogP contribution is -2.22. The van der Waals surface area contributed by atoms with Crippen molar-refractivity contribution < 1.29 is 19.2 Å². The maximum Gasteiger partial charge on any atom is 0.357 e. The Morgan fingerprint density at radius 1 is 1.11 bits per heavy atom. The number of carbonyl (C=O) groups excluding carboxylic acids is 2. The Balaban J connectivity index is 1.67. The van der Waals surface area contributed by atoms with Crippen molar-refractivity contribution in [1.29, 1.82) is 0 Å². The number of anilines is 1. The second-order valence-electron chi connectivity index (χ2n) is 6.22. The third-order valence-electron chi connectivity index (χ3n) is 4.22. The van der Waals surface area contributed by atoms with E-state index in [0.29, 0.717) is 5.52 Å². The van der Waals surface area contributed by atoms with E-state index in [9.17, 15) is 19.7 Å². The van der Waals surface area contributed by atoms with Gasteiger partial charge in [0.1, 0.15) is 11.4 Å². The summed E-state index contributed by atoms with van der Waals surface area (Å²) in [5.41, 5.74) is 2.06. The lowest BCUT2D eigenvalue weighted by molar-refractivity contribution is -0.384. The lowest BCUT2D eigenvalue weighted by Gasteiger charge is -2.09. The number of aryl methyl sites for hydroxylation is 2. The van der Waals surface area contributed by atoms with Gasteiger partial charge in [-0.05, 0) is 43.2 Å². The molecule has 0 atom stereocenters. The number of para-hydroxylation sites is 1. The number of hydrogen-bond acceptors (Lipinski definition) is 6. The van der Waals surface area contributed by atoms with Crippen LogP contribution >= 0.6 is 0 Å². The topological polar surface area (TPSA) is 111 Å². The summed E-state index contributed by atoms with van der Waals surface area (Å²) in [6, 6.07) is 13.4. The van der Waals surface area contributed by atoms with E-state index in [1.807, 2.05) is 12.1 Å². The molecule has 1 heterocycles. The zero-order valence-corrected chi connectivity index (χ0v) is 15.3. The first-order chi connectivity index (χ1) is 13.3. The molecule has 1 aromatic heterocycles. The van der Waals surface area contributed by atoms with Crippen LogP contribution in [0.3, 0.4) is 0 Å². The molecule has 0 saturated carbocycles. The fourth-order valence-corrected chi connectivity index (χ4v) is 2.62. The normalized spacial score (nSPS) is 10.5. The van der Waals surface area contributed by atoms with E-state index in [2.05, 4.69) is 10.3 Å². The average Bonchev–Trinajstić information content (AvgIpc) is 2.68. The summed E-state index contributed by atoms with van der Waals surface area (Å²) in [6.07, 6.45) is 0. The van der Waals surface area contributed by atoms with Gasteiger partial charge in [0, 0.05) is 11.5 Å². The molecular formula is C20H17N3O5. The van der Waals surface area contributed by atoms with Crippen molar-refractivity contribution in [1.82, 2.24) is 4.98 Å². The maximum atomic E-state index is 12.1. The highest BCUT2D eigenvalue weighted by Crippen LogP contribution is 2.27. The number of benzene rings is 2. The van der Waals surface area contributed by atoms with Gasteiger partial charge in [0.2, 0.25) is 0 Å². The molecule has 1 amide bonds. The molecule has 8 nitrogen and oxygen atoms in total. The minimum atomic E-state index is -0.754. The molecule has 0 bridgehead atoms. The van der Waals surface area contributed by atoms with Crippen molar-refractivity contribution in [2.75, 3.05) is 11.9 Å². The molecule has 1 N–H and O–H groups in total. The van der Waals surface area contributed by atoms with Crippen molar-refractivity contribution in [3.63, 3.8) is 0 Å². The number of rotatable bonds is 5. The number of nitrogens with one attached hydrogen (secondary N) is 1. The Labute approximate surface area is 160 Å². The minimum Gasteiger partial charge on any atom is -0.451 e. The first-order valence-electron chi connectivity index (χ1n) is 8.43. The molecule has 28 heavy (non-hydrogen) atoms. The zero-order valence-electron chi connectivity index (χ0n) is 15.3. The number of nitro benzene ring substituents is 1.